The fourth-order valence-electron chi connectivity index (χ4n) is 1.11. The monoisotopic (exact) mass is 230 g/mol. The summed E-state index contributed by atoms with van der Waals surface area (Å²) in [6.45, 7) is 19.7. The van der Waals surface area contributed by atoms with Crippen LogP contribution < -0.4 is 0 Å². The fraction of sp³-hybridized carbons (Fsp3) is 1.00. The maximum Gasteiger partial charge on any atom is -0.0471 e. The lowest BCUT2D eigenvalue weighted by Crippen LogP contribution is -1.90. The largest absolute Gasteiger partial charge is 0.0683 e. The lowest BCUT2D eigenvalue weighted by atomic mass is 10.0. The van der Waals surface area contributed by atoms with E-state index in [1.165, 1.54) is 25.7 Å². The van der Waals surface area contributed by atoms with E-state index in [-0.39, 0.29) is 0 Å². The Morgan fingerprint density at radius 1 is 0.562 bits per heavy atom. The molecule has 0 fully saturated rings. The van der Waals surface area contributed by atoms with E-state index in [2.05, 4.69) is 48.5 Å². The van der Waals surface area contributed by atoms with Crippen molar-refractivity contribution in [2.24, 2.45) is 17.8 Å². The molecule has 0 heterocycles. The second kappa shape index (κ2) is 17.4. The first kappa shape index (κ1) is 21.3. The molecule has 0 aliphatic rings. The van der Waals surface area contributed by atoms with Crippen molar-refractivity contribution in [1.82, 2.24) is 0 Å². The molecule has 0 unspecified atom stereocenters. The molecule has 0 amide bonds. The van der Waals surface area contributed by atoms with Crippen LogP contribution in [-0.4, -0.2) is 0 Å². The summed E-state index contributed by atoms with van der Waals surface area (Å²) in [6, 6.07) is 0. The smallest absolute Gasteiger partial charge is 0.0471 e. The zero-order chi connectivity index (χ0) is 13.6. The SMILES string of the molecule is CC.CC(C)C.CC(C)CCCCC(C)C. The number of rotatable bonds is 5. The standard InChI is InChI=1S/C10H22.C4H10.C2H6/c1-9(2)7-5-6-8-10(3)4;1-4(2)3;1-2/h9-10H,5-8H2,1-4H3;4H,1-3H3;1-2H3. The van der Waals surface area contributed by atoms with Gasteiger partial charge in [0.2, 0.25) is 0 Å². The zero-order valence-electron chi connectivity index (χ0n) is 13.6. The van der Waals surface area contributed by atoms with Gasteiger partial charge in [-0.15, -0.1) is 0 Å². The van der Waals surface area contributed by atoms with Crippen molar-refractivity contribution in [3.8, 4) is 0 Å². The van der Waals surface area contributed by atoms with Crippen LogP contribution in [0.2, 0.25) is 0 Å². The summed E-state index contributed by atoms with van der Waals surface area (Å²) in [5.41, 5.74) is 0. The van der Waals surface area contributed by atoms with Crippen LogP contribution in [0.25, 0.3) is 0 Å². The summed E-state index contributed by atoms with van der Waals surface area (Å²) >= 11 is 0. The Hall–Kier alpha value is 0. The maximum atomic E-state index is 2.30. The number of unbranched alkanes of at least 4 members (excludes halogenated alkanes) is 1. The molecular formula is C16H38. The molecule has 0 saturated carbocycles. The van der Waals surface area contributed by atoms with Crippen LogP contribution in [0.15, 0.2) is 0 Å². The Bertz CT molecular complexity index is 77.5. The first-order chi connectivity index (χ1) is 7.36. The molecule has 0 rings (SSSR count). The topological polar surface area (TPSA) is 0 Å². The van der Waals surface area contributed by atoms with Crippen LogP contribution >= 0.6 is 0 Å². The van der Waals surface area contributed by atoms with Gasteiger partial charge in [-0.3, -0.25) is 0 Å². The zero-order valence-corrected chi connectivity index (χ0v) is 13.6. The lowest BCUT2D eigenvalue weighted by Gasteiger charge is -2.05. The first-order valence-electron chi connectivity index (χ1n) is 7.36. The maximum absolute atomic E-state index is 2.30. The van der Waals surface area contributed by atoms with Crippen molar-refractivity contribution >= 4 is 0 Å². The Labute approximate surface area is 106 Å². The van der Waals surface area contributed by atoms with Crippen molar-refractivity contribution in [2.45, 2.75) is 88.0 Å². The average molecular weight is 230 g/mol. The number of hydrogen-bond donors (Lipinski definition) is 0. The van der Waals surface area contributed by atoms with E-state index in [4.69, 9.17) is 0 Å². The third-order valence-electron chi connectivity index (χ3n) is 1.81. The molecule has 0 atom stereocenters. The second-order valence-corrected chi connectivity index (χ2v) is 5.80. The van der Waals surface area contributed by atoms with Gasteiger partial charge in [0, 0.05) is 0 Å². The molecule has 0 spiro atoms. The molecule has 0 heteroatoms. The minimum atomic E-state index is 0.833. The highest BCUT2D eigenvalue weighted by Gasteiger charge is 1.95. The van der Waals surface area contributed by atoms with Crippen LogP contribution in [0.3, 0.4) is 0 Å². The van der Waals surface area contributed by atoms with Gasteiger partial charge in [0.25, 0.3) is 0 Å². The van der Waals surface area contributed by atoms with E-state index >= 15 is 0 Å². The predicted octanol–water partition coefficient (Wildman–Crippen LogP) is 6.55. The molecule has 0 aromatic carbocycles. The third-order valence-corrected chi connectivity index (χ3v) is 1.81. The van der Waals surface area contributed by atoms with Crippen LogP contribution in [0.1, 0.15) is 88.0 Å². The third kappa shape index (κ3) is 48.3. The summed E-state index contributed by atoms with van der Waals surface area (Å²) in [4.78, 5) is 0. The van der Waals surface area contributed by atoms with Crippen molar-refractivity contribution < 1.29 is 0 Å². The van der Waals surface area contributed by atoms with Crippen molar-refractivity contribution in [3.05, 3.63) is 0 Å². The summed E-state index contributed by atoms with van der Waals surface area (Å²) in [6.07, 6.45) is 5.67. The molecule has 0 bridgehead atoms. The lowest BCUT2D eigenvalue weighted by molar-refractivity contribution is 0.483. The van der Waals surface area contributed by atoms with Gasteiger partial charge in [0.05, 0.1) is 0 Å². The van der Waals surface area contributed by atoms with Crippen LogP contribution in [0, 0.1) is 17.8 Å². The average Bonchev–Trinajstić information content (AvgIpc) is 2.14. The molecule has 0 nitrogen and oxygen atoms in total. The molecule has 0 N–H and O–H groups in total. The van der Waals surface area contributed by atoms with Gasteiger partial charge in [-0.05, 0) is 17.8 Å². The molecule has 0 aromatic rings. The minimum absolute atomic E-state index is 0.833. The predicted molar refractivity (Wildman–Crippen MR) is 80.0 cm³/mol. The van der Waals surface area contributed by atoms with Crippen molar-refractivity contribution in [2.75, 3.05) is 0 Å². The molecule has 0 saturated heterocycles. The minimum Gasteiger partial charge on any atom is -0.0683 e. The Balaban J connectivity index is -0.000000237. The molecule has 0 aliphatic carbocycles. The van der Waals surface area contributed by atoms with Crippen molar-refractivity contribution in [3.63, 3.8) is 0 Å². The van der Waals surface area contributed by atoms with Gasteiger partial charge in [-0.25, -0.2) is 0 Å². The van der Waals surface area contributed by atoms with Gasteiger partial charge in [-0.1, -0.05) is 88.0 Å². The second-order valence-electron chi connectivity index (χ2n) is 5.80. The van der Waals surface area contributed by atoms with Gasteiger partial charge in [0.1, 0.15) is 0 Å². The normalized spacial score (nSPS) is 9.75. The number of hydrogen-bond acceptors (Lipinski definition) is 0. The van der Waals surface area contributed by atoms with Gasteiger partial charge < -0.3 is 0 Å². The Morgan fingerprint density at radius 2 is 0.750 bits per heavy atom. The quantitative estimate of drug-likeness (QED) is 0.470. The first-order valence-corrected chi connectivity index (χ1v) is 7.36. The highest BCUT2D eigenvalue weighted by atomic mass is 14.0. The van der Waals surface area contributed by atoms with Gasteiger partial charge >= 0.3 is 0 Å². The molecular weight excluding hydrogens is 192 g/mol. The van der Waals surface area contributed by atoms with Gasteiger partial charge in [-0.2, -0.15) is 0 Å². The summed E-state index contributed by atoms with van der Waals surface area (Å²) in [7, 11) is 0. The highest BCUT2D eigenvalue weighted by molar-refractivity contribution is 4.49. The molecule has 16 heavy (non-hydrogen) atoms. The van der Waals surface area contributed by atoms with E-state index in [1.54, 1.807) is 0 Å². The van der Waals surface area contributed by atoms with E-state index in [0.29, 0.717) is 0 Å². The molecule has 0 aliphatic heterocycles. The molecule has 0 radical (unpaired) electrons. The van der Waals surface area contributed by atoms with E-state index in [1.807, 2.05) is 13.8 Å². The van der Waals surface area contributed by atoms with Crippen LogP contribution in [0.4, 0.5) is 0 Å². The van der Waals surface area contributed by atoms with Crippen LogP contribution in [-0.2, 0) is 0 Å². The van der Waals surface area contributed by atoms with Gasteiger partial charge in [0.15, 0.2) is 0 Å². The summed E-state index contributed by atoms with van der Waals surface area (Å²) in [5.74, 6) is 2.62. The van der Waals surface area contributed by atoms with E-state index < -0.39 is 0 Å². The Kier molecular flexibility index (Phi) is 23.2. The van der Waals surface area contributed by atoms with E-state index in [9.17, 15) is 0 Å². The fourth-order valence-corrected chi connectivity index (χ4v) is 1.11. The Morgan fingerprint density at radius 3 is 0.875 bits per heavy atom. The van der Waals surface area contributed by atoms with Crippen molar-refractivity contribution in [1.29, 1.82) is 0 Å². The highest BCUT2D eigenvalue weighted by Crippen LogP contribution is 2.11. The summed E-state index contributed by atoms with van der Waals surface area (Å²) < 4.78 is 0. The van der Waals surface area contributed by atoms with Crippen LogP contribution in [0.5, 0.6) is 0 Å². The summed E-state index contributed by atoms with van der Waals surface area (Å²) in [5, 5.41) is 0. The molecule has 0 aromatic heterocycles. The van der Waals surface area contributed by atoms with E-state index in [0.717, 1.165) is 17.8 Å². The molecule has 102 valence electrons.